The molecule has 1 aliphatic carbocycles. The van der Waals surface area contributed by atoms with E-state index >= 15 is 0 Å². The van der Waals surface area contributed by atoms with Gasteiger partial charge in [0.25, 0.3) is 0 Å². The second-order valence-corrected chi connectivity index (χ2v) is 6.67. The van der Waals surface area contributed by atoms with E-state index in [1.165, 1.54) is 12.8 Å². The van der Waals surface area contributed by atoms with Gasteiger partial charge in [0.15, 0.2) is 5.82 Å². The number of aromatic nitrogens is 2. The summed E-state index contributed by atoms with van der Waals surface area (Å²) in [6.07, 6.45) is 7.95. The first-order valence-electron chi connectivity index (χ1n) is 8.00. The van der Waals surface area contributed by atoms with Gasteiger partial charge in [0, 0.05) is 18.9 Å². The average Bonchev–Trinajstić information content (AvgIpc) is 3.21. The minimum Gasteiger partial charge on any atom is -0.375 e. The lowest BCUT2D eigenvalue weighted by atomic mass is 9.78. The molecule has 0 aromatic carbocycles. The van der Waals surface area contributed by atoms with Gasteiger partial charge in [-0.05, 0) is 57.5 Å². The summed E-state index contributed by atoms with van der Waals surface area (Å²) in [4.78, 5) is 4.57. The zero-order valence-corrected chi connectivity index (χ0v) is 11.9. The summed E-state index contributed by atoms with van der Waals surface area (Å²) in [6.45, 7) is 3.06. The fourth-order valence-electron chi connectivity index (χ4n) is 3.64. The van der Waals surface area contributed by atoms with Crippen LogP contribution in [0.3, 0.4) is 0 Å². The number of ether oxygens (including phenoxy) is 1. The van der Waals surface area contributed by atoms with E-state index in [1.54, 1.807) is 0 Å². The smallest absolute Gasteiger partial charge is 0.229 e. The first-order valence-corrected chi connectivity index (χ1v) is 8.00. The Balaban J connectivity index is 1.39. The molecule has 5 heteroatoms. The minimum absolute atomic E-state index is 0.122. The molecule has 0 amide bonds. The highest BCUT2D eigenvalue weighted by atomic mass is 16.5. The van der Waals surface area contributed by atoms with Crippen molar-refractivity contribution in [2.24, 2.45) is 5.92 Å². The van der Waals surface area contributed by atoms with Gasteiger partial charge >= 0.3 is 0 Å². The van der Waals surface area contributed by atoms with E-state index in [1.807, 2.05) is 0 Å². The van der Waals surface area contributed by atoms with Crippen LogP contribution in [0.25, 0.3) is 0 Å². The van der Waals surface area contributed by atoms with Crippen LogP contribution in [-0.4, -0.2) is 35.4 Å². The van der Waals surface area contributed by atoms with E-state index < -0.39 is 0 Å². The van der Waals surface area contributed by atoms with Crippen LogP contribution in [0.5, 0.6) is 0 Å². The van der Waals surface area contributed by atoms with Crippen molar-refractivity contribution >= 4 is 0 Å². The summed E-state index contributed by atoms with van der Waals surface area (Å²) in [5.74, 6) is 2.97. The van der Waals surface area contributed by atoms with Crippen LogP contribution in [0.2, 0.25) is 0 Å². The lowest BCUT2D eigenvalue weighted by molar-refractivity contribution is -0.113. The molecule has 1 saturated carbocycles. The molecule has 110 valence electrons. The number of piperidine rings is 1. The Morgan fingerprint density at radius 2 is 2.05 bits per heavy atom. The van der Waals surface area contributed by atoms with Gasteiger partial charge in [-0.1, -0.05) is 5.16 Å². The zero-order chi connectivity index (χ0) is 13.4. The van der Waals surface area contributed by atoms with Crippen molar-refractivity contribution in [1.82, 2.24) is 15.5 Å². The van der Waals surface area contributed by atoms with Gasteiger partial charge in [0.05, 0.1) is 5.60 Å². The van der Waals surface area contributed by atoms with Crippen LogP contribution >= 0.6 is 0 Å². The van der Waals surface area contributed by atoms with Gasteiger partial charge < -0.3 is 14.6 Å². The van der Waals surface area contributed by atoms with Gasteiger partial charge in [-0.25, -0.2) is 0 Å². The molecule has 1 spiro atoms. The molecule has 0 bridgehead atoms. The quantitative estimate of drug-likeness (QED) is 0.916. The van der Waals surface area contributed by atoms with E-state index in [4.69, 9.17) is 9.26 Å². The van der Waals surface area contributed by atoms with Gasteiger partial charge in [0.1, 0.15) is 0 Å². The molecule has 1 N–H and O–H groups in total. The number of nitrogens with zero attached hydrogens (tertiary/aromatic N) is 2. The minimum atomic E-state index is 0.122. The molecule has 1 aromatic heterocycles. The molecule has 0 radical (unpaired) electrons. The summed E-state index contributed by atoms with van der Waals surface area (Å²) >= 11 is 0. The highest BCUT2D eigenvalue weighted by Crippen LogP contribution is 2.40. The summed E-state index contributed by atoms with van der Waals surface area (Å²) in [6, 6.07) is 0. The lowest BCUT2D eigenvalue weighted by Gasteiger charge is -2.43. The van der Waals surface area contributed by atoms with E-state index in [2.05, 4.69) is 15.5 Å². The summed E-state index contributed by atoms with van der Waals surface area (Å²) in [5, 5.41) is 7.59. The molecule has 1 unspecified atom stereocenters. The van der Waals surface area contributed by atoms with Crippen LogP contribution in [0.15, 0.2) is 4.52 Å². The maximum atomic E-state index is 6.12. The molecular formula is C15H23N3O2. The fourth-order valence-corrected chi connectivity index (χ4v) is 3.64. The Bertz CT molecular complexity index is 458. The highest BCUT2D eigenvalue weighted by Gasteiger charge is 2.39. The van der Waals surface area contributed by atoms with Crippen molar-refractivity contribution in [2.45, 2.75) is 56.5 Å². The monoisotopic (exact) mass is 277 g/mol. The molecule has 3 aliphatic rings. The molecule has 4 rings (SSSR count). The third kappa shape index (κ3) is 2.61. The third-order valence-corrected chi connectivity index (χ3v) is 4.99. The average molecular weight is 277 g/mol. The first kappa shape index (κ1) is 12.8. The maximum absolute atomic E-state index is 6.12. The molecule has 20 heavy (non-hydrogen) atoms. The van der Waals surface area contributed by atoms with Crippen LogP contribution in [0.4, 0.5) is 0 Å². The Hall–Kier alpha value is -0.940. The maximum Gasteiger partial charge on any atom is 0.229 e. The second-order valence-electron chi connectivity index (χ2n) is 6.67. The predicted octanol–water partition coefficient (Wildman–Crippen LogP) is 2.04. The molecule has 2 aliphatic heterocycles. The van der Waals surface area contributed by atoms with Crippen LogP contribution in [0, 0.1) is 5.92 Å². The molecule has 3 heterocycles. The number of hydrogen-bond acceptors (Lipinski definition) is 5. The SMILES string of the molecule is C1CC2(CCN1)CC(Cc1noc(C3CC3)n1)CCO2. The lowest BCUT2D eigenvalue weighted by Crippen LogP contribution is -2.48. The molecule has 1 atom stereocenters. The van der Waals surface area contributed by atoms with E-state index in [9.17, 15) is 0 Å². The topological polar surface area (TPSA) is 60.2 Å². The molecule has 3 fully saturated rings. The van der Waals surface area contributed by atoms with E-state index in [0.717, 1.165) is 63.5 Å². The summed E-state index contributed by atoms with van der Waals surface area (Å²) < 4.78 is 11.5. The number of hydrogen-bond donors (Lipinski definition) is 1. The predicted molar refractivity (Wildman–Crippen MR) is 73.5 cm³/mol. The van der Waals surface area contributed by atoms with Gasteiger partial charge in [-0.15, -0.1) is 0 Å². The van der Waals surface area contributed by atoms with Crippen LogP contribution < -0.4 is 5.32 Å². The van der Waals surface area contributed by atoms with Gasteiger partial charge in [0.2, 0.25) is 5.89 Å². The normalized spacial score (nSPS) is 29.7. The Labute approximate surface area is 119 Å². The Morgan fingerprint density at radius 1 is 1.20 bits per heavy atom. The van der Waals surface area contributed by atoms with Crippen molar-refractivity contribution in [1.29, 1.82) is 0 Å². The zero-order valence-electron chi connectivity index (χ0n) is 11.9. The summed E-state index contributed by atoms with van der Waals surface area (Å²) in [5.41, 5.74) is 0.122. The van der Waals surface area contributed by atoms with Crippen LogP contribution in [-0.2, 0) is 11.2 Å². The van der Waals surface area contributed by atoms with Gasteiger partial charge in [-0.2, -0.15) is 4.98 Å². The summed E-state index contributed by atoms with van der Waals surface area (Å²) in [7, 11) is 0. The van der Waals surface area contributed by atoms with Crippen molar-refractivity contribution in [3.63, 3.8) is 0 Å². The second kappa shape index (κ2) is 5.11. The van der Waals surface area contributed by atoms with Crippen LogP contribution in [0.1, 0.15) is 56.2 Å². The Morgan fingerprint density at radius 3 is 2.85 bits per heavy atom. The molecule has 5 nitrogen and oxygen atoms in total. The number of rotatable bonds is 3. The largest absolute Gasteiger partial charge is 0.375 e. The van der Waals surface area contributed by atoms with Crippen molar-refractivity contribution in [2.75, 3.05) is 19.7 Å². The molecule has 2 saturated heterocycles. The van der Waals surface area contributed by atoms with E-state index in [-0.39, 0.29) is 5.60 Å². The number of nitrogens with one attached hydrogen (secondary N) is 1. The van der Waals surface area contributed by atoms with E-state index in [0.29, 0.717) is 11.8 Å². The first-order chi connectivity index (χ1) is 9.83. The molecule has 1 aromatic rings. The van der Waals surface area contributed by atoms with Crippen molar-refractivity contribution in [3.8, 4) is 0 Å². The van der Waals surface area contributed by atoms with Crippen molar-refractivity contribution in [3.05, 3.63) is 11.7 Å². The van der Waals surface area contributed by atoms with Gasteiger partial charge in [-0.3, -0.25) is 0 Å². The fraction of sp³-hybridized carbons (Fsp3) is 0.867. The highest BCUT2D eigenvalue weighted by molar-refractivity contribution is 5.02. The van der Waals surface area contributed by atoms with Crippen molar-refractivity contribution < 1.29 is 9.26 Å². The Kier molecular flexibility index (Phi) is 3.27. The third-order valence-electron chi connectivity index (χ3n) is 4.99. The standard InChI is InChI=1S/C15H23N3O2/c1-2-12(1)14-17-13(18-20-14)9-11-3-8-19-15(10-11)4-6-16-7-5-15/h11-12,16H,1-10H2. The molecular weight excluding hydrogens is 254 g/mol.